The summed E-state index contributed by atoms with van der Waals surface area (Å²) in [5.41, 5.74) is 0.704. The number of urea groups is 1. The van der Waals surface area contributed by atoms with Crippen LogP contribution in [-0.4, -0.2) is 29.9 Å². The molecule has 0 spiro atoms. The Bertz CT molecular complexity index is 332. The van der Waals surface area contributed by atoms with Crippen LogP contribution >= 0.6 is 0 Å². The molecule has 0 aliphatic carbocycles. The molecule has 2 aliphatic heterocycles. The van der Waals surface area contributed by atoms with Gasteiger partial charge in [0.25, 0.3) is 0 Å². The summed E-state index contributed by atoms with van der Waals surface area (Å²) in [5, 5.41) is 4.94. The molecule has 0 radical (unpaired) electrons. The highest BCUT2D eigenvalue weighted by Gasteiger charge is 2.27. The van der Waals surface area contributed by atoms with E-state index >= 15 is 0 Å². The minimum atomic E-state index is -0.425. The van der Waals surface area contributed by atoms with Gasteiger partial charge in [0, 0.05) is 25.0 Å². The molecule has 0 aromatic rings. The summed E-state index contributed by atoms with van der Waals surface area (Å²) < 4.78 is 0. The number of carbonyl (C=O) groups excluding carboxylic acids is 2. The van der Waals surface area contributed by atoms with E-state index in [-0.39, 0.29) is 11.8 Å². The van der Waals surface area contributed by atoms with Crippen molar-refractivity contribution in [3.05, 3.63) is 11.9 Å². The van der Waals surface area contributed by atoms with Gasteiger partial charge in [-0.05, 0) is 26.2 Å². The number of nitrogens with one attached hydrogen (secondary N) is 2. The smallest absolute Gasteiger partial charge is 0.325 e. The highest BCUT2D eigenvalue weighted by molar-refractivity contribution is 6.00. The van der Waals surface area contributed by atoms with Crippen LogP contribution in [0.15, 0.2) is 11.9 Å². The Kier molecular flexibility index (Phi) is 3.12. The Morgan fingerprint density at radius 3 is 2.56 bits per heavy atom. The molecule has 2 saturated heterocycles. The summed E-state index contributed by atoms with van der Waals surface area (Å²) in [5.74, 6) is -0.508. The second kappa shape index (κ2) is 4.55. The van der Waals surface area contributed by atoms with E-state index in [4.69, 9.17) is 0 Å². The second-order valence-electron chi connectivity index (χ2n) is 4.35. The topological polar surface area (TPSA) is 61.4 Å². The van der Waals surface area contributed by atoms with Crippen molar-refractivity contribution in [1.29, 1.82) is 0 Å². The number of rotatable bonds is 1. The Morgan fingerprint density at radius 1 is 1.19 bits per heavy atom. The Morgan fingerprint density at radius 2 is 1.88 bits per heavy atom. The molecular weight excluding hydrogens is 206 g/mol. The number of amides is 3. The number of carbonyl (C=O) groups is 2. The predicted molar refractivity (Wildman–Crippen MR) is 59.3 cm³/mol. The van der Waals surface area contributed by atoms with Crippen LogP contribution in [0.3, 0.4) is 0 Å². The van der Waals surface area contributed by atoms with Crippen LogP contribution in [0.4, 0.5) is 4.79 Å². The molecule has 1 atom stereocenters. The van der Waals surface area contributed by atoms with Crippen LogP contribution in [0, 0.1) is 5.92 Å². The zero-order valence-corrected chi connectivity index (χ0v) is 9.45. The van der Waals surface area contributed by atoms with E-state index in [1.165, 1.54) is 19.3 Å². The van der Waals surface area contributed by atoms with Gasteiger partial charge in [-0.15, -0.1) is 0 Å². The molecule has 1 unspecified atom stereocenters. The Labute approximate surface area is 94.9 Å². The quantitative estimate of drug-likeness (QED) is 0.691. The highest BCUT2D eigenvalue weighted by atomic mass is 16.2. The molecule has 5 nitrogen and oxygen atoms in total. The molecule has 3 amide bonds. The lowest BCUT2D eigenvalue weighted by atomic mass is 10.1. The maximum absolute atomic E-state index is 11.4. The number of nitrogens with zero attached hydrogens (tertiary/aromatic N) is 1. The molecule has 0 saturated carbocycles. The molecule has 16 heavy (non-hydrogen) atoms. The maximum atomic E-state index is 11.4. The van der Waals surface area contributed by atoms with E-state index < -0.39 is 6.03 Å². The molecule has 0 bridgehead atoms. The first-order chi connectivity index (χ1) is 7.66. The van der Waals surface area contributed by atoms with Crippen LogP contribution < -0.4 is 10.6 Å². The van der Waals surface area contributed by atoms with Crippen molar-refractivity contribution in [2.75, 3.05) is 13.1 Å². The summed E-state index contributed by atoms with van der Waals surface area (Å²) in [6.45, 7) is 3.81. The molecule has 88 valence electrons. The van der Waals surface area contributed by atoms with Crippen LogP contribution in [0.5, 0.6) is 0 Å². The number of hydrogen-bond acceptors (Lipinski definition) is 3. The first kappa shape index (κ1) is 11.0. The SMILES string of the molecule is CC1C(=O)NC(=O)NC1=CN1CCCCC1. The lowest BCUT2D eigenvalue weighted by Gasteiger charge is -2.29. The zero-order valence-electron chi connectivity index (χ0n) is 9.45. The molecule has 2 N–H and O–H groups in total. The van der Waals surface area contributed by atoms with Crippen molar-refractivity contribution < 1.29 is 9.59 Å². The predicted octanol–water partition coefficient (Wildman–Crippen LogP) is 0.789. The highest BCUT2D eigenvalue weighted by Crippen LogP contribution is 2.15. The van der Waals surface area contributed by atoms with Crippen LogP contribution in [0.1, 0.15) is 26.2 Å². The monoisotopic (exact) mass is 223 g/mol. The van der Waals surface area contributed by atoms with Crippen molar-refractivity contribution in [2.45, 2.75) is 26.2 Å². The summed E-state index contributed by atoms with van der Waals surface area (Å²) >= 11 is 0. The van der Waals surface area contributed by atoms with Gasteiger partial charge in [-0.3, -0.25) is 10.1 Å². The van der Waals surface area contributed by atoms with Crippen molar-refractivity contribution in [2.24, 2.45) is 5.92 Å². The molecular formula is C11H17N3O2. The van der Waals surface area contributed by atoms with Gasteiger partial charge < -0.3 is 10.2 Å². The Balaban J connectivity index is 2.08. The van der Waals surface area contributed by atoms with Gasteiger partial charge in [0.2, 0.25) is 5.91 Å². The van der Waals surface area contributed by atoms with Gasteiger partial charge >= 0.3 is 6.03 Å². The van der Waals surface area contributed by atoms with Crippen LogP contribution in [0.25, 0.3) is 0 Å². The largest absolute Gasteiger partial charge is 0.376 e. The summed E-state index contributed by atoms with van der Waals surface area (Å²) in [4.78, 5) is 24.8. The van der Waals surface area contributed by atoms with Crippen molar-refractivity contribution in [3.63, 3.8) is 0 Å². The number of imide groups is 1. The van der Waals surface area contributed by atoms with E-state index in [1.54, 1.807) is 6.92 Å². The van der Waals surface area contributed by atoms with E-state index in [0.29, 0.717) is 5.70 Å². The van der Waals surface area contributed by atoms with Gasteiger partial charge in [0.1, 0.15) is 0 Å². The fourth-order valence-electron chi connectivity index (χ4n) is 2.02. The molecule has 2 rings (SSSR count). The summed E-state index contributed by atoms with van der Waals surface area (Å²) in [7, 11) is 0. The van der Waals surface area contributed by atoms with E-state index in [1.807, 2.05) is 6.20 Å². The second-order valence-corrected chi connectivity index (χ2v) is 4.35. The number of likely N-dealkylation sites (tertiary alicyclic amines) is 1. The standard InChI is InChI=1S/C11H17N3O2/c1-8-9(12-11(16)13-10(8)15)7-14-5-3-2-4-6-14/h7-8H,2-6H2,1H3,(H2,12,13,15,16). The van der Waals surface area contributed by atoms with E-state index in [2.05, 4.69) is 15.5 Å². The molecule has 2 aliphatic rings. The molecule has 0 aromatic heterocycles. The number of piperidine rings is 1. The molecule has 5 heteroatoms. The Hall–Kier alpha value is -1.52. The van der Waals surface area contributed by atoms with Crippen molar-refractivity contribution in [1.82, 2.24) is 15.5 Å². The average molecular weight is 223 g/mol. The van der Waals surface area contributed by atoms with Crippen molar-refractivity contribution >= 4 is 11.9 Å². The van der Waals surface area contributed by atoms with E-state index in [9.17, 15) is 9.59 Å². The minimum absolute atomic E-state index is 0.230. The lowest BCUT2D eigenvalue weighted by Crippen LogP contribution is -2.50. The first-order valence-electron chi connectivity index (χ1n) is 5.74. The number of hydrogen-bond donors (Lipinski definition) is 2. The summed E-state index contributed by atoms with van der Waals surface area (Å²) in [6.07, 6.45) is 5.54. The summed E-state index contributed by atoms with van der Waals surface area (Å²) in [6, 6.07) is -0.425. The minimum Gasteiger partial charge on any atom is -0.376 e. The van der Waals surface area contributed by atoms with Crippen molar-refractivity contribution in [3.8, 4) is 0 Å². The van der Waals surface area contributed by atoms with Gasteiger partial charge in [-0.25, -0.2) is 4.79 Å². The van der Waals surface area contributed by atoms with Gasteiger partial charge in [0.15, 0.2) is 0 Å². The zero-order chi connectivity index (χ0) is 11.5. The molecule has 2 fully saturated rings. The normalized spacial score (nSPS) is 28.9. The molecule has 2 heterocycles. The molecule has 0 aromatic carbocycles. The fraction of sp³-hybridized carbons (Fsp3) is 0.636. The average Bonchev–Trinajstić information content (AvgIpc) is 2.27. The fourth-order valence-corrected chi connectivity index (χ4v) is 2.02. The van der Waals surface area contributed by atoms with E-state index in [0.717, 1.165) is 13.1 Å². The first-order valence-corrected chi connectivity index (χ1v) is 5.74. The van der Waals surface area contributed by atoms with Crippen LogP contribution in [-0.2, 0) is 4.79 Å². The van der Waals surface area contributed by atoms with Gasteiger partial charge in [0.05, 0.1) is 5.92 Å². The maximum Gasteiger partial charge on any atom is 0.325 e. The van der Waals surface area contributed by atoms with Gasteiger partial charge in [-0.1, -0.05) is 0 Å². The lowest BCUT2D eigenvalue weighted by molar-refractivity contribution is -0.123. The van der Waals surface area contributed by atoms with Crippen LogP contribution in [0.2, 0.25) is 0 Å². The third-order valence-corrected chi connectivity index (χ3v) is 3.07. The third-order valence-electron chi connectivity index (χ3n) is 3.07. The van der Waals surface area contributed by atoms with Gasteiger partial charge in [-0.2, -0.15) is 0 Å². The third kappa shape index (κ3) is 2.35.